The molecule has 1 saturated heterocycles. The molecule has 3 rings (SSSR count). The van der Waals surface area contributed by atoms with Gasteiger partial charge in [0.25, 0.3) is 0 Å². The second-order valence-electron chi connectivity index (χ2n) is 6.44. The van der Waals surface area contributed by atoms with E-state index in [2.05, 4.69) is 20.2 Å². The number of rotatable bonds is 6. The fourth-order valence-corrected chi connectivity index (χ4v) is 3.14. The maximum Gasteiger partial charge on any atom is 0.223 e. The quantitative estimate of drug-likeness (QED) is 0.878. The highest BCUT2D eigenvalue weighted by atomic mass is 16.3. The molecule has 1 fully saturated rings. The molecule has 6 nitrogen and oxygen atoms in total. The zero-order valence-electron chi connectivity index (χ0n) is 14.0. The van der Waals surface area contributed by atoms with Crippen LogP contribution >= 0.6 is 0 Å². The third-order valence-electron chi connectivity index (χ3n) is 4.44. The fraction of sp³-hybridized carbons (Fsp3) is 0.500. The Kier molecular flexibility index (Phi) is 5.59. The monoisotopic (exact) mass is 328 g/mol. The van der Waals surface area contributed by atoms with Gasteiger partial charge in [0.1, 0.15) is 5.76 Å². The molecule has 0 unspecified atom stereocenters. The number of carbonyl (C=O) groups excluding carboxylic acids is 1. The van der Waals surface area contributed by atoms with Gasteiger partial charge in [0.05, 0.1) is 18.5 Å². The first kappa shape index (κ1) is 16.6. The van der Waals surface area contributed by atoms with Gasteiger partial charge >= 0.3 is 0 Å². The highest BCUT2D eigenvalue weighted by Gasteiger charge is 2.26. The van der Waals surface area contributed by atoms with Crippen LogP contribution in [0, 0.1) is 5.92 Å². The number of carbonyl (C=O) groups is 1. The summed E-state index contributed by atoms with van der Waals surface area (Å²) in [5.41, 5.74) is 0.901. The summed E-state index contributed by atoms with van der Waals surface area (Å²) in [6, 6.07) is 3.97. The lowest BCUT2D eigenvalue weighted by atomic mass is 9.95. The van der Waals surface area contributed by atoms with E-state index in [0.29, 0.717) is 6.42 Å². The van der Waals surface area contributed by atoms with Crippen LogP contribution in [-0.2, 0) is 17.8 Å². The van der Waals surface area contributed by atoms with Crippen molar-refractivity contribution in [2.45, 2.75) is 38.8 Å². The molecular formula is C18H24N4O2. The number of furan rings is 1. The Hall–Kier alpha value is -2.21. The topological polar surface area (TPSA) is 71.3 Å². The van der Waals surface area contributed by atoms with E-state index in [4.69, 9.17) is 4.42 Å². The van der Waals surface area contributed by atoms with E-state index in [1.807, 2.05) is 19.1 Å². The molecule has 1 aliphatic rings. The van der Waals surface area contributed by atoms with Crippen LogP contribution in [0.5, 0.6) is 0 Å². The summed E-state index contributed by atoms with van der Waals surface area (Å²) in [6.07, 6.45) is 9.28. The number of nitrogens with one attached hydrogen (secondary N) is 1. The first-order chi connectivity index (χ1) is 11.7. The Bertz CT molecular complexity index is 622. The van der Waals surface area contributed by atoms with Crippen molar-refractivity contribution in [3.8, 4) is 0 Å². The summed E-state index contributed by atoms with van der Waals surface area (Å²) >= 11 is 0. The van der Waals surface area contributed by atoms with Crippen molar-refractivity contribution in [2.75, 3.05) is 13.1 Å². The van der Waals surface area contributed by atoms with Crippen LogP contribution < -0.4 is 5.32 Å². The number of hydrogen-bond donors (Lipinski definition) is 1. The molecule has 2 aromatic rings. The van der Waals surface area contributed by atoms with E-state index in [9.17, 15) is 4.79 Å². The van der Waals surface area contributed by atoms with Gasteiger partial charge in [-0.05, 0) is 45.0 Å². The van der Waals surface area contributed by atoms with Crippen LogP contribution in [0.4, 0.5) is 0 Å². The summed E-state index contributed by atoms with van der Waals surface area (Å²) in [5.74, 6) is 1.24. The summed E-state index contributed by atoms with van der Waals surface area (Å²) < 4.78 is 5.39. The van der Waals surface area contributed by atoms with Crippen LogP contribution in [0.3, 0.4) is 0 Å². The third kappa shape index (κ3) is 4.64. The van der Waals surface area contributed by atoms with Crippen LogP contribution in [-0.4, -0.2) is 39.9 Å². The zero-order chi connectivity index (χ0) is 16.8. The number of piperidine rings is 1. The summed E-state index contributed by atoms with van der Waals surface area (Å²) in [6.45, 7) is 4.69. The predicted molar refractivity (Wildman–Crippen MR) is 90.0 cm³/mol. The molecule has 0 aliphatic carbocycles. The molecule has 0 saturated carbocycles. The molecule has 2 aromatic heterocycles. The van der Waals surface area contributed by atoms with E-state index >= 15 is 0 Å². The minimum Gasteiger partial charge on any atom is -0.468 e. The lowest BCUT2D eigenvalue weighted by molar-refractivity contribution is -0.127. The minimum absolute atomic E-state index is 0.0651. The number of hydrogen-bond acceptors (Lipinski definition) is 5. The van der Waals surface area contributed by atoms with Crippen molar-refractivity contribution in [1.82, 2.24) is 20.2 Å². The normalized spacial score (nSPS) is 17.5. The lowest BCUT2D eigenvalue weighted by Crippen LogP contribution is -2.43. The van der Waals surface area contributed by atoms with Crippen molar-refractivity contribution in [1.29, 1.82) is 0 Å². The van der Waals surface area contributed by atoms with Gasteiger partial charge in [-0.1, -0.05) is 0 Å². The summed E-state index contributed by atoms with van der Waals surface area (Å²) in [4.78, 5) is 23.1. The standard InChI is InChI=1S/C18H24N4O2/c1-14(11-16-12-19-6-7-20-16)21-18(23)15-4-8-22(9-5-15)13-17-3-2-10-24-17/h2-3,6-7,10,12,14-15H,4-5,8-9,11,13H2,1H3,(H,21,23)/t14-/m0/s1. The Morgan fingerprint density at radius 2 is 2.25 bits per heavy atom. The van der Waals surface area contributed by atoms with Gasteiger partial charge in [-0.3, -0.25) is 19.7 Å². The largest absolute Gasteiger partial charge is 0.468 e. The highest BCUT2D eigenvalue weighted by molar-refractivity contribution is 5.79. The molecule has 1 aliphatic heterocycles. The minimum atomic E-state index is 0.0651. The van der Waals surface area contributed by atoms with Crippen molar-refractivity contribution in [3.05, 3.63) is 48.4 Å². The average Bonchev–Trinajstić information content (AvgIpc) is 3.09. The highest BCUT2D eigenvalue weighted by Crippen LogP contribution is 2.19. The van der Waals surface area contributed by atoms with Crippen molar-refractivity contribution in [2.24, 2.45) is 5.92 Å². The summed E-state index contributed by atoms with van der Waals surface area (Å²) in [5, 5.41) is 3.11. The molecule has 1 amide bonds. The second kappa shape index (κ2) is 8.06. The molecule has 0 aromatic carbocycles. The van der Waals surface area contributed by atoms with Crippen molar-refractivity contribution >= 4 is 5.91 Å². The predicted octanol–water partition coefficient (Wildman–Crippen LogP) is 2.03. The molecule has 0 bridgehead atoms. The smallest absolute Gasteiger partial charge is 0.223 e. The van der Waals surface area contributed by atoms with E-state index in [-0.39, 0.29) is 17.9 Å². The number of likely N-dealkylation sites (tertiary alicyclic amines) is 1. The average molecular weight is 328 g/mol. The van der Waals surface area contributed by atoms with Crippen LogP contribution in [0.15, 0.2) is 41.4 Å². The lowest BCUT2D eigenvalue weighted by Gasteiger charge is -2.31. The first-order valence-electron chi connectivity index (χ1n) is 8.50. The van der Waals surface area contributed by atoms with Gasteiger partial charge < -0.3 is 9.73 Å². The van der Waals surface area contributed by atoms with Gasteiger partial charge in [0.2, 0.25) is 5.91 Å². The van der Waals surface area contributed by atoms with E-state index in [0.717, 1.165) is 43.9 Å². The van der Waals surface area contributed by atoms with Crippen LogP contribution in [0.2, 0.25) is 0 Å². The Labute approximate surface area is 142 Å². The SMILES string of the molecule is C[C@@H](Cc1cnccn1)NC(=O)C1CCN(Cc2ccco2)CC1. The maximum absolute atomic E-state index is 12.4. The molecule has 0 radical (unpaired) electrons. The van der Waals surface area contributed by atoms with Gasteiger partial charge in [0, 0.05) is 37.0 Å². The molecule has 0 spiro atoms. The Morgan fingerprint density at radius 3 is 2.92 bits per heavy atom. The maximum atomic E-state index is 12.4. The van der Waals surface area contributed by atoms with Gasteiger partial charge in [-0.25, -0.2) is 0 Å². The molecule has 1 atom stereocenters. The van der Waals surface area contributed by atoms with Crippen molar-refractivity contribution in [3.63, 3.8) is 0 Å². The van der Waals surface area contributed by atoms with Gasteiger partial charge in [-0.2, -0.15) is 0 Å². The first-order valence-corrected chi connectivity index (χ1v) is 8.50. The third-order valence-corrected chi connectivity index (χ3v) is 4.44. The number of nitrogens with zero attached hydrogens (tertiary/aromatic N) is 3. The van der Waals surface area contributed by atoms with Crippen LogP contribution in [0.1, 0.15) is 31.2 Å². The molecule has 24 heavy (non-hydrogen) atoms. The number of aromatic nitrogens is 2. The Morgan fingerprint density at radius 1 is 1.42 bits per heavy atom. The molecule has 1 N–H and O–H groups in total. The summed E-state index contributed by atoms with van der Waals surface area (Å²) in [7, 11) is 0. The second-order valence-corrected chi connectivity index (χ2v) is 6.44. The zero-order valence-corrected chi connectivity index (χ0v) is 14.0. The van der Waals surface area contributed by atoms with Crippen molar-refractivity contribution < 1.29 is 9.21 Å². The van der Waals surface area contributed by atoms with Crippen LogP contribution in [0.25, 0.3) is 0 Å². The molecule has 6 heteroatoms. The van der Waals surface area contributed by atoms with Gasteiger partial charge in [-0.15, -0.1) is 0 Å². The fourth-order valence-electron chi connectivity index (χ4n) is 3.14. The van der Waals surface area contributed by atoms with Gasteiger partial charge in [0.15, 0.2) is 0 Å². The molecule has 3 heterocycles. The van der Waals surface area contributed by atoms with E-state index < -0.39 is 0 Å². The van der Waals surface area contributed by atoms with E-state index in [1.165, 1.54) is 0 Å². The molecular weight excluding hydrogens is 304 g/mol. The Balaban J connectivity index is 1.41. The van der Waals surface area contributed by atoms with E-state index in [1.54, 1.807) is 24.9 Å². The number of amides is 1. The molecule has 128 valence electrons.